The van der Waals surface area contributed by atoms with E-state index < -0.39 is 10.0 Å². The van der Waals surface area contributed by atoms with Crippen LogP contribution in [0.1, 0.15) is 23.8 Å². The van der Waals surface area contributed by atoms with Crippen molar-refractivity contribution in [2.75, 3.05) is 26.2 Å². The van der Waals surface area contributed by atoms with E-state index in [0.717, 1.165) is 6.42 Å². The number of amides is 1. The van der Waals surface area contributed by atoms with Crippen LogP contribution in [0.3, 0.4) is 0 Å². The zero-order valence-corrected chi connectivity index (χ0v) is 17.0. The van der Waals surface area contributed by atoms with Crippen molar-refractivity contribution < 1.29 is 13.2 Å². The molecule has 0 spiro atoms. The Morgan fingerprint density at radius 2 is 1.71 bits per heavy atom. The normalized spacial score (nSPS) is 15.6. The molecule has 10 heteroatoms. The lowest BCUT2D eigenvalue weighted by Crippen LogP contribution is -2.50. The van der Waals surface area contributed by atoms with Crippen molar-refractivity contribution in [3.8, 4) is 0 Å². The molecule has 1 aliphatic heterocycles. The van der Waals surface area contributed by atoms with Gasteiger partial charge < -0.3 is 4.90 Å². The minimum Gasteiger partial charge on any atom is -0.335 e. The number of benzene rings is 1. The van der Waals surface area contributed by atoms with E-state index in [1.54, 1.807) is 4.90 Å². The Balaban J connectivity index is 1.70. The van der Waals surface area contributed by atoms with Gasteiger partial charge in [-0.1, -0.05) is 18.5 Å². The van der Waals surface area contributed by atoms with E-state index in [1.807, 2.05) is 6.92 Å². The summed E-state index contributed by atoms with van der Waals surface area (Å²) < 4.78 is 28.1. The van der Waals surface area contributed by atoms with Crippen molar-refractivity contribution in [1.82, 2.24) is 19.0 Å². The molecule has 0 bridgehead atoms. The highest BCUT2D eigenvalue weighted by Crippen LogP contribution is 2.20. The molecule has 28 heavy (non-hydrogen) atoms. The smallest absolute Gasteiger partial charge is 0.274 e. The van der Waals surface area contributed by atoms with E-state index in [9.17, 15) is 18.0 Å². The van der Waals surface area contributed by atoms with Gasteiger partial charge in [0.1, 0.15) is 5.69 Å². The molecular weight excluding hydrogens is 404 g/mol. The van der Waals surface area contributed by atoms with Gasteiger partial charge in [0.25, 0.3) is 11.5 Å². The van der Waals surface area contributed by atoms with Crippen molar-refractivity contribution in [2.24, 2.45) is 0 Å². The molecule has 150 valence electrons. The summed E-state index contributed by atoms with van der Waals surface area (Å²) in [6, 6.07) is 8.74. The van der Waals surface area contributed by atoms with Crippen LogP contribution < -0.4 is 5.56 Å². The van der Waals surface area contributed by atoms with Crippen LogP contribution in [-0.2, 0) is 16.6 Å². The van der Waals surface area contributed by atoms with Crippen LogP contribution >= 0.6 is 11.6 Å². The number of carbonyl (C=O) groups excluding carboxylic acids is 1. The van der Waals surface area contributed by atoms with E-state index in [2.05, 4.69) is 5.10 Å². The molecule has 0 saturated carbocycles. The highest BCUT2D eigenvalue weighted by molar-refractivity contribution is 7.89. The quantitative estimate of drug-likeness (QED) is 0.724. The first-order valence-electron chi connectivity index (χ1n) is 8.96. The predicted molar refractivity (Wildman–Crippen MR) is 105 cm³/mol. The molecule has 1 saturated heterocycles. The van der Waals surface area contributed by atoms with E-state index in [0.29, 0.717) is 11.6 Å². The molecule has 1 aromatic carbocycles. The summed E-state index contributed by atoms with van der Waals surface area (Å²) in [4.78, 5) is 26.2. The Bertz CT molecular complexity index is 1010. The summed E-state index contributed by atoms with van der Waals surface area (Å²) in [6.07, 6.45) is 0.728. The maximum absolute atomic E-state index is 12.7. The number of carbonyl (C=O) groups is 1. The number of hydrogen-bond acceptors (Lipinski definition) is 5. The molecule has 3 rings (SSSR count). The molecule has 2 aromatic rings. The second-order valence-corrected chi connectivity index (χ2v) is 8.80. The molecule has 8 nitrogen and oxygen atoms in total. The van der Waals surface area contributed by atoms with Crippen LogP contribution in [0.4, 0.5) is 0 Å². The fourth-order valence-electron chi connectivity index (χ4n) is 2.98. The molecule has 1 fully saturated rings. The number of halogens is 1. The van der Waals surface area contributed by atoms with E-state index in [1.165, 1.54) is 45.4 Å². The SMILES string of the molecule is CCCn1nc(C(=O)N2CCN(S(=O)(=O)c3ccc(Cl)cc3)CC2)ccc1=O. The molecule has 2 heterocycles. The first-order chi connectivity index (χ1) is 13.3. The standard InChI is InChI=1S/C18H21ClN4O4S/c1-2-9-23-17(24)8-7-16(20-23)18(25)21-10-12-22(13-11-21)28(26,27)15-5-3-14(19)4-6-15/h3-8H,2,9-13H2,1H3. The largest absolute Gasteiger partial charge is 0.335 e. The number of aromatic nitrogens is 2. The average Bonchev–Trinajstić information content (AvgIpc) is 2.70. The van der Waals surface area contributed by atoms with Gasteiger partial charge in [-0.15, -0.1) is 0 Å². The summed E-state index contributed by atoms with van der Waals surface area (Å²) in [5, 5.41) is 4.59. The molecule has 0 unspecified atom stereocenters. The molecule has 1 aliphatic rings. The highest BCUT2D eigenvalue weighted by atomic mass is 35.5. The van der Waals surface area contributed by atoms with Crippen molar-refractivity contribution in [3.05, 3.63) is 57.5 Å². The topological polar surface area (TPSA) is 92.6 Å². The number of rotatable bonds is 5. The van der Waals surface area contributed by atoms with Gasteiger partial charge in [0.05, 0.1) is 4.90 Å². The van der Waals surface area contributed by atoms with Gasteiger partial charge in [0.15, 0.2) is 0 Å². The molecular formula is C18H21ClN4O4S. The maximum atomic E-state index is 12.7. The van der Waals surface area contributed by atoms with Crippen LogP contribution in [-0.4, -0.2) is 59.5 Å². The predicted octanol–water partition coefficient (Wildman–Crippen LogP) is 1.45. The lowest BCUT2D eigenvalue weighted by Gasteiger charge is -2.33. The minimum absolute atomic E-state index is 0.171. The van der Waals surface area contributed by atoms with Crippen molar-refractivity contribution >= 4 is 27.5 Å². The fourth-order valence-corrected chi connectivity index (χ4v) is 4.53. The summed E-state index contributed by atoms with van der Waals surface area (Å²) in [6.45, 7) is 3.23. The second kappa shape index (κ2) is 8.42. The number of piperazine rings is 1. The zero-order chi connectivity index (χ0) is 20.3. The maximum Gasteiger partial charge on any atom is 0.274 e. The third-order valence-electron chi connectivity index (χ3n) is 4.50. The van der Waals surface area contributed by atoms with Crippen LogP contribution in [0, 0.1) is 0 Å². The lowest BCUT2D eigenvalue weighted by atomic mass is 10.3. The number of sulfonamides is 1. The molecule has 0 N–H and O–H groups in total. The summed E-state index contributed by atoms with van der Waals surface area (Å²) in [5.74, 6) is -0.312. The van der Waals surface area contributed by atoms with Gasteiger partial charge in [-0.05, 0) is 36.8 Å². The summed E-state index contributed by atoms with van der Waals surface area (Å²) in [7, 11) is -3.64. The van der Waals surface area contributed by atoms with Gasteiger partial charge in [-0.3, -0.25) is 9.59 Å². The Hall–Kier alpha value is -2.23. The molecule has 0 atom stereocenters. The Morgan fingerprint density at radius 3 is 2.32 bits per heavy atom. The van der Waals surface area contributed by atoms with E-state index in [-0.39, 0.29) is 48.2 Å². The minimum atomic E-state index is -3.64. The first kappa shape index (κ1) is 20.5. The van der Waals surface area contributed by atoms with Crippen LogP contribution in [0.25, 0.3) is 0 Å². The van der Waals surface area contributed by atoms with Gasteiger partial charge in [-0.2, -0.15) is 9.40 Å². The van der Waals surface area contributed by atoms with Crippen LogP contribution in [0.15, 0.2) is 46.1 Å². The monoisotopic (exact) mass is 424 g/mol. The molecule has 1 aromatic heterocycles. The number of aryl methyl sites for hydroxylation is 1. The molecule has 1 amide bonds. The fraction of sp³-hybridized carbons (Fsp3) is 0.389. The Kier molecular flexibility index (Phi) is 6.17. The van der Waals surface area contributed by atoms with Crippen molar-refractivity contribution in [2.45, 2.75) is 24.8 Å². The van der Waals surface area contributed by atoms with E-state index >= 15 is 0 Å². The molecule has 0 radical (unpaired) electrons. The molecule has 0 aliphatic carbocycles. The number of nitrogens with zero attached hydrogens (tertiary/aromatic N) is 4. The second-order valence-electron chi connectivity index (χ2n) is 6.43. The number of hydrogen-bond donors (Lipinski definition) is 0. The Labute approximate surface area is 168 Å². The summed E-state index contributed by atoms with van der Waals surface area (Å²) in [5.41, 5.74) is -0.0701. The van der Waals surface area contributed by atoms with Crippen molar-refractivity contribution in [3.63, 3.8) is 0 Å². The Morgan fingerprint density at radius 1 is 1.07 bits per heavy atom. The third kappa shape index (κ3) is 4.26. The van der Waals surface area contributed by atoms with Gasteiger partial charge in [-0.25, -0.2) is 13.1 Å². The highest BCUT2D eigenvalue weighted by Gasteiger charge is 2.30. The first-order valence-corrected chi connectivity index (χ1v) is 10.8. The van der Waals surface area contributed by atoms with Crippen LogP contribution in [0.2, 0.25) is 5.02 Å². The third-order valence-corrected chi connectivity index (χ3v) is 6.66. The van der Waals surface area contributed by atoms with Gasteiger partial charge in [0, 0.05) is 43.8 Å². The summed E-state index contributed by atoms with van der Waals surface area (Å²) >= 11 is 5.82. The van der Waals surface area contributed by atoms with Crippen LogP contribution in [0.5, 0.6) is 0 Å². The lowest BCUT2D eigenvalue weighted by molar-refractivity contribution is 0.0689. The van der Waals surface area contributed by atoms with Gasteiger partial charge >= 0.3 is 0 Å². The zero-order valence-electron chi connectivity index (χ0n) is 15.4. The van der Waals surface area contributed by atoms with E-state index in [4.69, 9.17) is 11.6 Å². The van der Waals surface area contributed by atoms with Crippen molar-refractivity contribution in [1.29, 1.82) is 0 Å². The average molecular weight is 425 g/mol. The van der Waals surface area contributed by atoms with Gasteiger partial charge in [0.2, 0.25) is 10.0 Å².